The smallest absolute Gasteiger partial charge is 0.138 e. The van der Waals surface area contributed by atoms with Crippen molar-refractivity contribution in [1.82, 2.24) is 0 Å². The van der Waals surface area contributed by atoms with Gasteiger partial charge in [-0.2, -0.15) is 0 Å². The number of carbonyl (C=O) groups is 1. The highest BCUT2D eigenvalue weighted by atomic mass is 16.1. The molecule has 1 nitrogen and oxygen atoms in total. The molecule has 0 aromatic heterocycles. The lowest BCUT2D eigenvalue weighted by atomic mass is 9.91. The van der Waals surface area contributed by atoms with Crippen molar-refractivity contribution in [2.45, 2.75) is 46.0 Å². The van der Waals surface area contributed by atoms with Crippen LogP contribution in [0.1, 0.15) is 46.0 Å². The summed E-state index contributed by atoms with van der Waals surface area (Å²) in [5, 5.41) is 0. The summed E-state index contributed by atoms with van der Waals surface area (Å²) in [6.07, 6.45) is 5.86. The Balaban J connectivity index is 2.39. The van der Waals surface area contributed by atoms with E-state index in [2.05, 4.69) is 13.8 Å². The SMILES string of the molecule is CC[C@@H](C)C(=O)C1CCCC1. The standard InChI is InChI=1S/C10H18O/c1-3-8(2)10(11)9-6-4-5-7-9/h8-9H,3-7H2,1-2H3/t8-/m1/s1. The number of Topliss-reactive ketones (excluding diaryl/α,β-unsaturated/α-hetero) is 1. The third-order valence-electron chi connectivity index (χ3n) is 2.86. The van der Waals surface area contributed by atoms with Crippen LogP contribution in [0.3, 0.4) is 0 Å². The third-order valence-corrected chi connectivity index (χ3v) is 2.86. The molecule has 0 bridgehead atoms. The predicted molar refractivity (Wildman–Crippen MR) is 46.4 cm³/mol. The monoisotopic (exact) mass is 154 g/mol. The normalized spacial score (nSPS) is 22.0. The number of rotatable bonds is 3. The van der Waals surface area contributed by atoms with E-state index in [9.17, 15) is 4.79 Å². The second-order valence-electron chi connectivity index (χ2n) is 3.69. The highest BCUT2D eigenvalue weighted by Gasteiger charge is 2.25. The van der Waals surface area contributed by atoms with Gasteiger partial charge in [0.05, 0.1) is 0 Å². The summed E-state index contributed by atoms with van der Waals surface area (Å²) in [4.78, 5) is 11.6. The molecule has 0 N–H and O–H groups in total. The van der Waals surface area contributed by atoms with E-state index in [1.54, 1.807) is 0 Å². The van der Waals surface area contributed by atoms with Gasteiger partial charge in [0.25, 0.3) is 0 Å². The fraction of sp³-hybridized carbons (Fsp3) is 0.900. The van der Waals surface area contributed by atoms with Gasteiger partial charge in [0.2, 0.25) is 0 Å². The highest BCUT2D eigenvalue weighted by Crippen LogP contribution is 2.28. The van der Waals surface area contributed by atoms with E-state index in [0.717, 1.165) is 19.3 Å². The summed E-state index contributed by atoms with van der Waals surface area (Å²) in [6, 6.07) is 0. The molecule has 1 saturated carbocycles. The first-order valence-electron chi connectivity index (χ1n) is 4.79. The zero-order valence-electron chi connectivity index (χ0n) is 7.60. The molecule has 0 saturated heterocycles. The molecule has 0 amide bonds. The molecule has 0 aromatic carbocycles. The summed E-state index contributed by atoms with van der Waals surface area (Å²) >= 11 is 0. The molecule has 0 unspecified atom stereocenters. The Morgan fingerprint density at radius 1 is 1.45 bits per heavy atom. The Morgan fingerprint density at radius 3 is 2.45 bits per heavy atom. The summed E-state index contributed by atoms with van der Waals surface area (Å²) in [6.45, 7) is 4.15. The summed E-state index contributed by atoms with van der Waals surface area (Å²) in [5.41, 5.74) is 0. The third kappa shape index (κ3) is 2.05. The van der Waals surface area contributed by atoms with E-state index < -0.39 is 0 Å². The van der Waals surface area contributed by atoms with E-state index in [4.69, 9.17) is 0 Å². The van der Waals surface area contributed by atoms with Crippen molar-refractivity contribution in [1.29, 1.82) is 0 Å². The van der Waals surface area contributed by atoms with Gasteiger partial charge in [0, 0.05) is 11.8 Å². The van der Waals surface area contributed by atoms with Gasteiger partial charge in [0.1, 0.15) is 5.78 Å². The minimum atomic E-state index is 0.304. The quantitative estimate of drug-likeness (QED) is 0.611. The van der Waals surface area contributed by atoms with Gasteiger partial charge in [-0.3, -0.25) is 4.79 Å². The van der Waals surface area contributed by atoms with Crippen LogP contribution in [0.2, 0.25) is 0 Å². The van der Waals surface area contributed by atoms with Crippen molar-refractivity contribution in [3.63, 3.8) is 0 Å². The molecular weight excluding hydrogens is 136 g/mol. The molecule has 11 heavy (non-hydrogen) atoms. The topological polar surface area (TPSA) is 17.1 Å². The lowest BCUT2D eigenvalue weighted by molar-refractivity contribution is -0.126. The molecule has 1 heteroatoms. The molecule has 0 heterocycles. The minimum absolute atomic E-state index is 0.304. The van der Waals surface area contributed by atoms with Gasteiger partial charge in [-0.1, -0.05) is 26.7 Å². The van der Waals surface area contributed by atoms with Gasteiger partial charge in [0.15, 0.2) is 0 Å². The first kappa shape index (κ1) is 8.76. The second kappa shape index (κ2) is 3.89. The molecule has 1 fully saturated rings. The fourth-order valence-corrected chi connectivity index (χ4v) is 1.81. The van der Waals surface area contributed by atoms with Gasteiger partial charge in [-0.25, -0.2) is 0 Å². The van der Waals surface area contributed by atoms with Gasteiger partial charge >= 0.3 is 0 Å². The van der Waals surface area contributed by atoms with Gasteiger partial charge in [-0.15, -0.1) is 0 Å². The zero-order valence-corrected chi connectivity index (χ0v) is 7.60. The highest BCUT2D eigenvalue weighted by molar-refractivity contribution is 5.83. The van der Waals surface area contributed by atoms with Crippen molar-refractivity contribution >= 4 is 5.78 Å². The second-order valence-corrected chi connectivity index (χ2v) is 3.69. The molecule has 1 aliphatic carbocycles. The van der Waals surface area contributed by atoms with Crippen LogP contribution in [0, 0.1) is 11.8 Å². The van der Waals surface area contributed by atoms with Crippen LogP contribution >= 0.6 is 0 Å². The van der Waals surface area contributed by atoms with Crippen molar-refractivity contribution in [2.75, 3.05) is 0 Å². The number of ketones is 1. The average Bonchev–Trinajstić information content (AvgIpc) is 2.53. The van der Waals surface area contributed by atoms with Crippen molar-refractivity contribution in [3.8, 4) is 0 Å². The molecular formula is C10H18O. The first-order valence-corrected chi connectivity index (χ1v) is 4.79. The van der Waals surface area contributed by atoms with E-state index in [1.807, 2.05) is 0 Å². The Kier molecular flexibility index (Phi) is 3.10. The molecule has 0 aliphatic heterocycles. The van der Waals surface area contributed by atoms with E-state index in [0.29, 0.717) is 17.6 Å². The van der Waals surface area contributed by atoms with Crippen LogP contribution in [0.5, 0.6) is 0 Å². The van der Waals surface area contributed by atoms with Crippen molar-refractivity contribution < 1.29 is 4.79 Å². The maximum atomic E-state index is 11.6. The Morgan fingerprint density at radius 2 is 2.00 bits per heavy atom. The Bertz CT molecular complexity index is 134. The van der Waals surface area contributed by atoms with Crippen LogP contribution in [-0.2, 0) is 4.79 Å². The zero-order chi connectivity index (χ0) is 8.27. The molecule has 0 spiro atoms. The first-order chi connectivity index (χ1) is 5.25. The van der Waals surface area contributed by atoms with Gasteiger partial charge < -0.3 is 0 Å². The largest absolute Gasteiger partial charge is 0.299 e. The van der Waals surface area contributed by atoms with E-state index >= 15 is 0 Å². The Hall–Kier alpha value is -0.330. The minimum Gasteiger partial charge on any atom is -0.299 e. The number of hydrogen-bond acceptors (Lipinski definition) is 1. The van der Waals surface area contributed by atoms with Crippen LogP contribution < -0.4 is 0 Å². The van der Waals surface area contributed by atoms with Crippen LogP contribution in [-0.4, -0.2) is 5.78 Å². The molecule has 64 valence electrons. The summed E-state index contributed by atoms with van der Waals surface area (Å²) < 4.78 is 0. The summed E-state index contributed by atoms with van der Waals surface area (Å²) in [5.74, 6) is 1.24. The van der Waals surface area contributed by atoms with Crippen LogP contribution in [0.25, 0.3) is 0 Å². The van der Waals surface area contributed by atoms with Crippen molar-refractivity contribution in [2.24, 2.45) is 11.8 Å². The average molecular weight is 154 g/mol. The van der Waals surface area contributed by atoms with Crippen LogP contribution in [0.4, 0.5) is 0 Å². The van der Waals surface area contributed by atoms with Crippen molar-refractivity contribution in [3.05, 3.63) is 0 Å². The Labute approximate surface area is 69.2 Å². The molecule has 0 aromatic rings. The lowest BCUT2D eigenvalue weighted by Crippen LogP contribution is -2.18. The van der Waals surface area contributed by atoms with Gasteiger partial charge in [-0.05, 0) is 19.3 Å². The van der Waals surface area contributed by atoms with E-state index in [-0.39, 0.29) is 0 Å². The molecule has 1 atom stereocenters. The number of hydrogen-bond donors (Lipinski definition) is 0. The predicted octanol–water partition coefficient (Wildman–Crippen LogP) is 2.79. The molecule has 1 aliphatic rings. The van der Waals surface area contributed by atoms with E-state index in [1.165, 1.54) is 12.8 Å². The maximum absolute atomic E-state index is 11.6. The fourth-order valence-electron chi connectivity index (χ4n) is 1.81. The summed E-state index contributed by atoms with van der Waals surface area (Å²) in [7, 11) is 0. The number of carbonyl (C=O) groups excluding carboxylic acids is 1. The molecule has 1 rings (SSSR count). The van der Waals surface area contributed by atoms with Crippen LogP contribution in [0.15, 0.2) is 0 Å². The maximum Gasteiger partial charge on any atom is 0.138 e. The lowest BCUT2D eigenvalue weighted by Gasteiger charge is -2.12. The molecule has 0 radical (unpaired) electrons.